The van der Waals surface area contributed by atoms with Gasteiger partial charge < -0.3 is 29.3 Å². The van der Waals surface area contributed by atoms with Crippen molar-refractivity contribution in [1.29, 1.82) is 0 Å². The molecule has 0 unspecified atom stereocenters. The lowest BCUT2D eigenvalue weighted by Gasteiger charge is -2.16. The molecule has 80 valence electrons. The smallest absolute Gasteiger partial charge is 0.290 e. The van der Waals surface area contributed by atoms with Crippen LogP contribution in [0.4, 0.5) is 0 Å². The summed E-state index contributed by atoms with van der Waals surface area (Å²) < 4.78 is 9.37. The van der Waals surface area contributed by atoms with Crippen molar-refractivity contribution in [2.75, 3.05) is 13.2 Å². The highest BCUT2D eigenvalue weighted by Gasteiger charge is 2.11. The van der Waals surface area contributed by atoms with Crippen molar-refractivity contribution in [2.24, 2.45) is 0 Å². The Balaban J connectivity index is 5.03. The first-order valence-corrected chi connectivity index (χ1v) is 3.97. The van der Waals surface area contributed by atoms with Crippen LogP contribution in [0.2, 0.25) is 0 Å². The fourth-order valence-electron chi connectivity index (χ4n) is 0.698. The maximum Gasteiger partial charge on any atom is 0.290 e. The lowest BCUT2D eigenvalue weighted by Crippen LogP contribution is -2.38. The van der Waals surface area contributed by atoms with Crippen LogP contribution in [-0.2, 0) is 19.1 Å². The van der Waals surface area contributed by atoms with Crippen LogP contribution >= 0.6 is 0 Å². The summed E-state index contributed by atoms with van der Waals surface area (Å²) in [6, 6.07) is 0. The van der Waals surface area contributed by atoms with Crippen molar-refractivity contribution in [3.05, 3.63) is 11.5 Å². The average Bonchev–Trinajstić information content (AvgIpc) is 2.03. The highest BCUT2D eigenvalue weighted by atomic mass is 16.7. The van der Waals surface area contributed by atoms with Crippen molar-refractivity contribution in [1.82, 2.24) is 0 Å². The summed E-state index contributed by atoms with van der Waals surface area (Å²) in [5.41, 5.74) is -1.12. The third-order valence-corrected chi connectivity index (χ3v) is 1.16. The second-order valence-corrected chi connectivity index (χ2v) is 2.10. The maximum atomic E-state index is 10.4. The zero-order chi connectivity index (χ0) is 11.1. The monoisotopic (exact) mass is 202 g/mol. The molecule has 0 aliphatic carbocycles. The minimum absolute atomic E-state index is 0.0827. The SMILES string of the molecule is CCOC(OCC)=C(C(=O)[O-])C(=O)[O-]. The maximum absolute atomic E-state index is 10.4. The minimum Gasteiger partial charge on any atom is -0.544 e. The number of aliphatic carboxylic acids is 2. The Hall–Kier alpha value is -1.72. The molecule has 0 aromatic carbocycles. The van der Waals surface area contributed by atoms with E-state index in [1.165, 1.54) is 0 Å². The predicted octanol–water partition coefficient (Wildman–Crippen LogP) is -2.23. The molecule has 0 aromatic rings. The number of carbonyl (C=O) groups is 2. The van der Waals surface area contributed by atoms with Gasteiger partial charge in [-0.3, -0.25) is 0 Å². The fourth-order valence-corrected chi connectivity index (χ4v) is 0.698. The highest BCUT2D eigenvalue weighted by Crippen LogP contribution is 2.07. The van der Waals surface area contributed by atoms with Crippen molar-refractivity contribution in [2.45, 2.75) is 13.8 Å². The first kappa shape index (κ1) is 12.3. The van der Waals surface area contributed by atoms with Crippen LogP contribution in [0, 0.1) is 0 Å². The Morgan fingerprint density at radius 2 is 1.36 bits per heavy atom. The molecule has 0 rings (SSSR count). The van der Waals surface area contributed by atoms with E-state index < -0.39 is 23.5 Å². The second-order valence-electron chi connectivity index (χ2n) is 2.10. The van der Waals surface area contributed by atoms with E-state index in [0.29, 0.717) is 0 Å². The standard InChI is InChI=1S/C8H12O6/c1-3-13-8(14-4-2)5(6(9)10)7(11)12/h3-4H2,1-2H3,(H,9,10)(H,11,12)/p-2. The van der Waals surface area contributed by atoms with E-state index in [1.54, 1.807) is 13.8 Å². The summed E-state index contributed by atoms with van der Waals surface area (Å²) in [6.45, 7) is 3.28. The van der Waals surface area contributed by atoms with Crippen LogP contribution in [-0.4, -0.2) is 25.2 Å². The Morgan fingerprint density at radius 1 is 1.00 bits per heavy atom. The van der Waals surface area contributed by atoms with Crippen molar-refractivity contribution in [3.63, 3.8) is 0 Å². The molecule has 0 amide bonds. The third-order valence-electron chi connectivity index (χ3n) is 1.16. The molecule has 0 aliphatic heterocycles. The molecule has 0 spiro atoms. The lowest BCUT2D eigenvalue weighted by atomic mass is 10.3. The summed E-state index contributed by atoms with van der Waals surface area (Å²) in [7, 11) is 0. The summed E-state index contributed by atoms with van der Waals surface area (Å²) in [6.07, 6.45) is 0. The Labute approximate surface area is 80.7 Å². The van der Waals surface area contributed by atoms with Crippen LogP contribution in [0.15, 0.2) is 11.5 Å². The van der Waals surface area contributed by atoms with E-state index in [1.807, 2.05) is 0 Å². The van der Waals surface area contributed by atoms with Gasteiger partial charge >= 0.3 is 0 Å². The van der Waals surface area contributed by atoms with Crippen molar-refractivity contribution >= 4 is 11.9 Å². The zero-order valence-corrected chi connectivity index (χ0v) is 7.86. The molecule has 0 fully saturated rings. The van der Waals surface area contributed by atoms with Crippen molar-refractivity contribution in [3.8, 4) is 0 Å². The van der Waals surface area contributed by atoms with Crippen LogP contribution in [0.1, 0.15) is 13.8 Å². The number of carboxylic acids is 2. The number of hydrogen-bond acceptors (Lipinski definition) is 6. The van der Waals surface area contributed by atoms with Gasteiger partial charge in [0.15, 0.2) is 0 Å². The normalized spacial score (nSPS) is 9.00. The molecule has 0 heterocycles. The largest absolute Gasteiger partial charge is 0.544 e. The lowest BCUT2D eigenvalue weighted by molar-refractivity contribution is -0.313. The number of carboxylic acid groups (broad SMARTS) is 2. The van der Waals surface area contributed by atoms with E-state index in [2.05, 4.69) is 9.47 Å². The highest BCUT2D eigenvalue weighted by molar-refractivity contribution is 6.10. The van der Waals surface area contributed by atoms with Gasteiger partial charge in [-0.1, -0.05) is 0 Å². The van der Waals surface area contributed by atoms with E-state index >= 15 is 0 Å². The summed E-state index contributed by atoms with van der Waals surface area (Å²) in [4.78, 5) is 20.8. The van der Waals surface area contributed by atoms with Crippen LogP contribution in [0.25, 0.3) is 0 Å². The molecule has 0 saturated carbocycles. The van der Waals surface area contributed by atoms with Gasteiger partial charge in [-0.25, -0.2) is 0 Å². The molecule has 6 nitrogen and oxygen atoms in total. The summed E-state index contributed by atoms with van der Waals surface area (Å²) in [5.74, 6) is -4.39. The van der Waals surface area contributed by atoms with Crippen molar-refractivity contribution < 1.29 is 29.3 Å². The van der Waals surface area contributed by atoms with Gasteiger partial charge in [0.1, 0.15) is 5.57 Å². The molecule has 6 heteroatoms. The van der Waals surface area contributed by atoms with E-state index in [-0.39, 0.29) is 13.2 Å². The van der Waals surface area contributed by atoms with E-state index in [0.717, 1.165) is 0 Å². The Bertz CT molecular complexity index is 231. The molecular formula is C8H10O6-2. The fraction of sp³-hybridized carbons (Fsp3) is 0.500. The van der Waals surface area contributed by atoms with Crippen LogP contribution in [0.3, 0.4) is 0 Å². The number of rotatable bonds is 6. The molecular weight excluding hydrogens is 192 g/mol. The molecule has 0 saturated heterocycles. The zero-order valence-electron chi connectivity index (χ0n) is 7.86. The Morgan fingerprint density at radius 3 is 1.57 bits per heavy atom. The number of hydrogen-bond donors (Lipinski definition) is 0. The van der Waals surface area contributed by atoms with Gasteiger partial charge in [0, 0.05) is 0 Å². The summed E-state index contributed by atoms with van der Waals surface area (Å²) in [5, 5.41) is 20.8. The van der Waals surface area contributed by atoms with Gasteiger partial charge in [0.25, 0.3) is 5.95 Å². The first-order valence-electron chi connectivity index (χ1n) is 3.97. The van der Waals surface area contributed by atoms with Gasteiger partial charge in [-0.2, -0.15) is 0 Å². The van der Waals surface area contributed by atoms with Gasteiger partial charge in [-0.05, 0) is 13.8 Å². The first-order chi connectivity index (χ1) is 6.54. The van der Waals surface area contributed by atoms with Gasteiger partial charge in [0.2, 0.25) is 0 Å². The Kier molecular flexibility index (Phi) is 5.13. The molecule has 0 N–H and O–H groups in total. The van der Waals surface area contributed by atoms with Gasteiger partial charge in [0.05, 0.1) is 25.2 Å². The molecule has 14 heavy (non-hydrogen) atoms. The number of ether oxygens (including phenoxy) is 2. The van der Waals surface area contributed by atoms with Gasteiger partial charge in [-0.15, -0.1) is 0 Å². The molecule has 0 aliphatic rings. The summed E-state index contributed by atoms with van der Waals surface area (Å²) >= 11 is 0. The minimum atomic E-state index is -1.90. The third kappa shape index (κ3) is 3.34. The average molecular weight is 202 g/mol. The molecule has 0 radical (unpaired) electrons. The van der Waals surface area contributed by atoms with Crippen LogP contribution < -0.4 is 10.2 Å². The van der Waals surface area contributed by atoms with E-state index in [9.17, 15) is 19.8 Å². The topological polar surface area (TPSA) is 98.7 Å². The quantitative estimate of drug-likeness (QED) is 0.209. The second kappa shape index (κ2) is 5.85. The predicted molar refractivity (Wildman–Crippen MR) is 40.3 cm³/mol. The molecule has 0 atom stereocenters. The molecule has 0 aromatic heterocycles. The number of carbonyl (C=O) groups excluding carboxylic acids is 2. The van der Waals surface area contributed by atoms with Crippen LogP contribution in [0.5, 0.6) is 0 Å². The van der Waals surface area contributed by atoms with E-state index in [4.69, 9.17) is 0 Å². The molecule has 0 bridgehead atoms.